The van der Waals surface area contributed by atoms with E-state index in [1.54, 1.807) is 6.21 Å². The summed E-state index contributed by atoms with van der Waals surface area (Å²) in [5.74, 6) is 0.575. The third-order valence-electron chi connectivity index (χ3n) is 3.35. The average Bonchev–Trinajstić information content (AvgIpc) is 2.35. The second-order valence-corrected chi connectivity index (χ2v) is 4.65. The van der Waals surface area contributed by atoms with Crippen molar-refractivity contribution in [1.82, 2.24) is 4.90 Å². The highest BCUT2D eigenvalue weighted by Crippen LogP contribution is 2.25. The molecule has 0 spiro atoms. The molecular formula is C13H18N4. The standard InChI is InChI=1S/C13H18N4/c1-17-10-2-9-15-13(17)16-12-5-3-11(4-6-12)7-8-14/h2,9-11,13H,3-7H2,1H3. The zero-order valence-corrected chi connectivity index (χ0v) is 10.2. The first-order valence-electron chi connectivity index (χ1n) is 6.14. The van der Waals surface area contributed by atoms with Crippen molar-refractivity contribution in [2.24, 2.45) is 15.9 Å². The van der Waals surface area contributed by atoms with Crippen molar-refractivity contribution in [2.75, 3.05) is 7.05 Å². The van der Waals surface area contributed by atoms with Crippen LogP contribution in [0, 0.1) is 17.2 Å². The Morgan fingerprint density at radius 1 is 1.53 bits per heavy atom. The van der Waals surface area contributed by atoms with Gasteiger partial charge in [-0.1, -0.05) is 0 Å². The lowest BCUT2D eigenvalue weighted by Gasteiger charge is -2.25. The van der Waals surface area contributed by atoms with E-state index in [0.29, 0.717) is 12.3 Å². The van der Waals surface area contributed by atoms with Crippen molar-refractivity contribution in [3.63, 3.8) is 0 Å². The fourth-order valence-electron chi connectivity index (χ4n) is 2.24. The molecule has 1 saturated carbocycles. The second-order valence-electron chi connectivity index (χ2n) is 4.65. The van der Waals surface area contributed by atoms with Gasteiger partial charge in [-0.3, -0.25) is 0 Å². The lowest BCUT2D eigenvalue weighted by atomic mass is 9.86. The number of aliphatic imine (C=N–C) groups is 2. The average molecular weight is 230 g/mol. The highest BCUT2D eigenvalue weighted by atomic mass is 15.3. The Hall–Kier alpha value is -1.63. The van der Waals surface area contributed by atoms with Crippen molar-refractivity contribution in [3.8, 4) is 6.07 Å². The zero-order chi connectivity index (χ0) is 12.1. The predicted molar refractivity (Wildman–Crippen MR) is 68.8 cm³/mol. The van der Waals surface area contributed by atoms with Crippen LogP contribution in [0.25, 0.3) is 0 Å². The molecule has 1 unspecified atom stereocenters. The van der Waals surface area contributed by atoms with E-state index in [2.05, 4.69) is 16.1 Å². The molecule has 4 nitrogen and oxygen atoms in total. The Kier molecular flexibility index (Phi) is 3.92. The van der Waals surface area contributed by atoms with Gasteiger partial charge in [0, 0.05) is 31.6 Å². The summed E-state index contributed by atoms with van der Waals surface area (Å²) in [6.07, 6.45) is 10.6. The SMILES string of the molecule is CN1C=CC=NC1N=C1CCC(CC#N)CC1. The Morgan fingerprint density at radius 3 is 2.94 bits per heavy atom. The smallest absolute Gasteiger partial charge is 0.215 e. The number of hydrogen-bond donors (Lipinski definition) is 0. The third kappa shape index (κ3) is 3.16. The summed E-state index contributed by atoms with van der Waals surface area (Å²) < 4.78 is 0. The van der Waals surface area contributed by atoms with E-state index in [1.165, 1.54) is 5.71 Å². The van der Waals surface area contributed by atoms with Gasteiger partial charge in [-0.25, -0.2) is 9.98 Å². The van der Waals surface area contributed by atoms with E-state index in [1.807, 2.05) is 24.2 Å². The van der Waals surface area contributed by atoms with Gasteiger partial charge in [-0.2, -0.15) is 5.26 Å². The van der Waals surface area contributed by atoms with Crippen LogP contribution in [0.5, 0.6) is 0 Å². The van der Waals surface area contributed by atoms with Gasteiger partial charge in [0.2, 0.25) is 6.29 Å². The Morgan fingerprint density at radius 2 is 2.29 bits per heavy atom. The lowest BCUT2D eigenvalue weighted by molar-refractivity contribution is 0.344. The van der Waals surface area contributed by atoms with E-state index in [4.69, 9.17) is 5.26 Å². The minimum absolute atomic E-state index is 0.0810. The number of hydrogen-bond acceptors (Lipinski definition) is 4. The minimum atomic E-state index is -0.0810. The van der Waals surface area contributed by atoms with Crippen molar-refractivity contribution < 1.29 is 0 Å². The molecule has 0 amide bonds. The summed E-state index contributed by atoms with van der Waals surface area (Å²) in [6.45, 7) is 0. The first kappa shape index (κ1) is 11.8. The number of nitrogens with zero attached hydrogens (tertiary/aromatic N) is 4. The van der Waals surface area contributed by atoms with Crippen LogP contribution in [0.4, 0.5) is 0 Å². The predicted octanol–water partition coefficient (Wildman–Crippen LogP) is 2.34. The Balaban J connectivity index is 1.90. The van der Waals surface area contributed by atoms with Crippen LogP contribution < -0.4 is 0 Å². The maximum Gasteiger partial charge on any atom is 0.215 e. The molecule has 1 aliphatic carbocycles. The van der Waals surface area contributed by atoms with Crippen LogP contribution >= 0.6 is 0 Å². The highest BCUT2D eigenvalue weighted by molar-refractivity contribution is 5.85. The van der Waals surface area contributed by atoms with E-state index >= 15 is 0 Å². The van der Waals surface area contributed by atoms with Crippen LogP contribution in [0.3, 0.4) is 0 Å². The Labute approximate surface area is 102 Å². The quantitative estimate of drug-likeness (QED) is 0.731. The maximum absolute atomic E-state index is 8.67. The van der Waals surface area contributed by atoms with Gasteiger partial charge in [0.15, 0.2) is 0 Å². The van der Waals surface area contributed by atoms with Gasteiger partial charge in [-0.15, -0.1) is 0 Å². The van der Waals surface area contributed by atoms with E-state index in [-0.39, 0.29) is 6.29 Å². The molecule has 2 rings (SSSR count). The van der Waals surface area contributed by atoms with E-state index in [9.17, 15) is 0 Å². The van der Waals surface area contributed by atoms with Crippen LogP contribution in [-0.4, -0.2) is 30.2 Å². The molecule has 90 valence electrons. The van der Waals surface area contributed by atoms with Crippen LogP contribution in [0.15, 0.2) is 22.3 Å². The largest absolute Gasteiger partial charge is 0.341 e. The highest BCUT2D eigenvalue weighted by Gasteiger charge is 2.19. The fourth-order valence-corrected chi connectivity index (χ4v) is 2.24. The summed E-state index contributed by atoms with van der Waals surface area (Å²) in [6, 6.07) is 2.26. The van der Waals surface area contributed by atoms with E-state index < -0.39 is 0 Å². The van der Waals surface area contributed by atoms with Gasteiger partial charge < -0.3 is 4.90 Å². The van der Waals surface area contributed by atoms with Crippen molar-refractivity contribution in [1.29, 1.82) is 5.26 Å². The van der Waals surface area contributed by atoms with E-state index in [0.717, 1.165) is 25.7 Å². The fraction of sp³-hybridized carbons (Fsp3) is 0.615. The first-order valence-corrected chi connectivity index (χ1v) is 6.14. The van der Waals surface area contributed by atoms with Crippen LogP contribution in [0.2, 0.25) is 0 Å². The minimum Gasteiger partial charge on any atom is -0.341 e. The summed E-state index contributed by atoms with van der Waals surface area (Å²) >= 11 is 0. The maximum atomic E-state index is 8.67. The Bertz CT molecular complexity index is 379. The summed E-state index contributed by atoms with van der Waals surface area (Å²) in [4.78, 5) is 11.0. The molecule has 17 heavy (non-hydrogen) atoms. The second kappa shape index (κ2) is 5.62. The summed E-state index contributed by atoms with van der Waals surface area (Å²) in [5, 5.41) is 8.67. The molecule has 4 heteroatoms. The zero-order valence-electron chi connectivity index (χ0n) is 10.2. The number of allylic oxidation sites excluding steroid dienone is 1. The molecular weight excluding hydrogens is 212 g/mol. The molecule has 1 aliphatic heterocycles. The van der Waals surface area contributed by atoms with Gasteiger partial charge >= 0.3 is 0 Å². The number of nitriles is 1. The molecule has 0 radical (unpaired) electrons. The van der Waals surface area contributed by atoms with Gasteiger partial charge in [0.05, 0.1) is 6.07 Å². The third-order valence-corrected chi connectivity index (χ3v) is 3.35. The summed E-state index contributed by atoms with van der Waals surface area (Å²) in [7, 11) is 1.99. The molecule has 1 heterocycles. The molecule has 0 aromatic rings. The van der Waals surface area contributed by atoms with Gasteiger partial charge in [0.1, 0.15) is 0 Å². The van der Waals surface area contributed by atoms with Crippen molar-refractivity contribution >= 4 is 11.9 Å². The molecule has 0 aromatic heterocycles. The van der Waals surface area contributed by atoms with Gasteiger partial charge in [-0.05, 0) is 37.7 Å². The topological polar surface area (TPSA) is 51.8 Å². The summed E-state index contributed by atoms with van der Waals surface area (Å²) in [5.41, 5.74) is 1.25. The molecule has 0 bridgehead atoms. The normalized spacial score (nSPS) is 28.0. The molecule has 0 N–H and O–H groups in total. The van der Waals surface area contributed by atoms with Gasteiger partial charge in [0.25, 0.3) is 0 Å². The van der Waals surface area contributed by atoms with Crippen molar-refractivity contribution in [2.45, 2.75) is 38.4 Å². The molecule has 0 aromatic carbocycles. The molecule has 1 atom stereocenters. The van der Waals surface area contributed by atoms with Crippen LogP contribution in [-0.2, 0) is 0 Å². The number of rotatable bonds is 2. The molecule has 2 aliphatic rings. The lowest BCUT2D eigenvalue weighted by Crippen LogP contribution is -2.27. The molecule has 0 saturated heterocycles. The van der Waals surface area contributed by atoms with Crippen molar-refractivity contribution in [3.05, 3.63) is 12.3 Å². The first-order chi connectivity index (χ1) is 8.29. The monoisotopic (exact) mass is 230 g/mol. The molecule has 1 fully saturated rings. The van der Waals surface area contributed by atoms with Crippen LogP contribution in [0.1, 0.15) is 32.1 Å².